The molecule has 1 rings (SSSR count). The number of hydrogen-bond donors (Lipinski definition) is 1. The minimum absolute atomic E-state index is 0.201. The summed E-state index contributed by atoms with van der Waals surface area (Å²) in [5.41, 5.74) is 0. The average molecular weight is 275 g/mol. The van der Waals surface area contributed by atoms with Gasteiger partial charge in [0.15, 0.2) is 0 Å². The van der Waals surface area contributed by atoms with E-state index in [1.807, 2.05) is 13.8 Å². The van der Waals surface area contributed by atoms with Crippen molar-refractivity contribution in [3.63, 3.8) is 0 Å². The van der Waals surface area contributed by atoms with Crippen LogP contribution >= 0.6 is 11.8 Å². The molecule has 0 aromatic carbocycles. The van der Waals surface area contributed by atoms with Gasteiger partial charge < -0.3 is 9.84 Å². The summed E-state index contributed by atoms with van der Waals surface area (Å²) in [6.07, 6.45) is 3.77. The van der Waals surface area contributed by atoms with Gasteiger partial charge >= 0.3 is 0 Å². The highest BCUT2D eigenvalue weighted by molar-refractivity contribution is 7.99. The number of nitrogens with zero attached hydrogens (tertiary/aromatic N) is 1. The normalized spacial score (nSPS) is 24.2. The van der Waals surface area contributed by atoms with Crippen LogP contribution in [0, 0.1) is 0 Å². The van der Waals surface area contributed by atoms with E-state index >= 15 is 0 Å². The molecule has 1 aliphatic heterocycles. The van der Waals surface area contributed by atoms with E-state index in [-0.39, 0.29) is 12.2 Å². The molecule has 108 valence electrons. The fraction of sp³-hybridized carbons (Fsp3) is 1.00. The van der Waals surface area contributed by atoms with Crippen molar-refractivity contribution in [3.8, 4) is 0 Å². The summed E-state index contributed by atoms with van der Waals surface area (Å²) in [6, 6.07) is 0. The first-order valence-electron chi connectivity index (χ1n) is 7.25. The number of rotatable bonds is 7. The number of thioether (sulfide) groups is 1. The van der Waals surface area contributed by atoms with Gasteiger partial charge in [0.1, 0.15) is 0 Å². The fourth-order valence-corrected chi connectivity index (χ4v) is 3.49. The van der Waals surface area contributed by atoms with Gasteiger partial charge in [0.05, 0.1) is 18.8 Å². The molecule has 0 saturated carbocycles. The molecule has 1 saturated heterocycles. The van der Waals surface area contributed by atoms with Gasteiger partial charge in [-0.1, -0.05) is 13.3 Å². The smallest absolute Gasteiger partial charge is 0.0900 e. The number of aliphatic hydroxyl groups excluding tert-OH is 1. The zero-order valence-electron chi connectivity index (χ0n) is 12.1. The van der Waals surface area contributed by atoms with Gasteiger partial charge in [0.2, 0.25) is 0 Å². The maximum atomic E-state index is 9.98. The summed E-state index contributed by atoms with van der Waals surface area (Å²) < 4.78 is 5.47. The lowest BCUT2D eigenvalue weighted by atomic mass is 10.2. The molecule has 1 heterocycles. The van der Waals surface area contributed by atoms with Crippen LogP contribution in [0.3, 0.4) is 0 Å². The second-order valence-corrected chi connectivity index (χ2v) is 6.95. The molecule has 3 nitrogen and oxygen atoms in total. The van der Waals surface area contributed by atoms with Crippen molar-refractivity contribution in [2.45, 2.75) is 57.5 Å². The predicted octanol–water partition coefficient (Wildman–Crippen LogP) is 2.38. The van der Waals surface area contributed by atoms with Gasteiger partial charge in [0.25, 0.3) is 0 Å². The van der Waals surface area contributed by atoms with Crippen molar-refractivity contribution in [2.24, 2.45) is 0 Å². The Bertz CT molecular complexity index is 214. The van der Waals surface area contributed by atoms with E-state index in [2.05, 4.69) is 23.6 Å². The lowest BCUT2D eigenvalue weighted by Gasteiger charge is -2.26. The lowest BCUT2D eigenvalue weighted by molar-refractivity contribution is -0.00791. The minimum Gasteiger partial charge on any atom is -0.389 e. The van der Waals surface area contributed by atoms with Crippen LogP contribution in [0.5, 0.6) is 0 Å². The summed E-state index contributed by atoms with van der Waals surface area (Å²) in [4.78, 5) is 2.41. The Morgan fingerprint density at radius 2 is 2.17 bits per heavy atom. The molecule has 0 aromatic heterocycles. The van der Waals surface area contributed by atoms with Gasteiger partial charge in [-0.3, -0.25) is 4.90 Å². The van der Waals surface area contributed by atoms with E-state index in [9.17, 15) is 5.11 Å². The number of β-amino-alcohol motifs (C(OH)–C–C–N with tert-alkyl or cyclic N) is 1. The van der Waals surface area contributed by atoms with Crippen LogP contribution in [0.1, 0.15) is 40.0 Å². The van der Waals surface area contributed by atoms with Crippen LogP contribution in [0.15, 0.2) is 0 Å². The third kappa shape index (κ3) is 6.98. The van der Waals surface area contributed by atoms with Crippen molar-refractivity contribution < 1.29 is 9.84 Å². The second-order valence-electron chi connectivity index (χ2n) is 5.37. The molecule has 4 heteroatoms. The monoisotopic (exact) mass is 275 g/mol. The molecule has 0 amide bonds. The van der Waals surface area contributed by atoms with Crippen molar-refractivity contribution >= 4 is 11.8 Å². The zero-order valence-corrected chi connectivity index (χ0v) is 12.9. The van der Waals surface area contributed by atoms with Crippen molar-refractivity contribution in [1.29, 1.82) is 0 Å². The average Bonchev–Trinajstić information content (AvgIpc) is 2.52. The van der Waals surface area contributed by atoms with E-state index in [1.54, 1.807) is 0 Å². The Labute approximate surface area is 116 Å². The summed E-state index contributed by atoms with van der Waals surface area (Å²) in [6.45, 7) is 9.70. The molecular formula is C14H29NO2S. The van der Waals surface area contributed by atoms with Crippen LogP contribution in [0.2, 0.25) is 0 Å². The Morgan fingerprint density at radius 1 is 1.39 bits per heavy atom. The first-order chi connectivity index (χ1) is 8.61. The predicted molar refractivity (Wildman–Crippen MR) is 79.3 cm³/mol. The second kappa shape index (κ2) is 9.18. The van der Waals surface area contributed by atoms with E-state index in [0.29, 0.717) is 6.61 Å². The number of ether oxygens (including phenoxy) is 1. The molecule has 0 aromatic rings. The summed E-state index contributed by atoms with van der Waals surface area (Å²) in [5, 5.41) is 10.7. The van der Waals surface area contributed by atoms with Crippen molar-refractivity contribution in [3.05, 3.63) is 0 Å². The van der Waals surface area contributed by atoms with Gasteiger partial charge in [-0.25, -0.2) is 0 Å². The highest BCUT2D eigenvalue weighted by atomic mass is 32.2. The Balaban J connectivity index is 2.29. The van der Waals surface area contributed by atoms with Gasteiger partial charge in [-0.15, -0.1) is 0 Å². The summed E-state index contributed by atoms with van der Waals surface area (Å²) in [7, 11) is 0. The van der Waals surface area contributed by atoms with Gasteiger partial charge in [-0.2, -0.15) is 11.8 Å². The fourth-order valence-electron chi connectivity index (χ4n) is 2.37. The summed E-state index contributed by atoms with van der Waals surface area (Å²) >= 11 is 2.06. The highest BCUT2D eigenvalue weighted by Crippen LogP contribution is 2.22. The number of aliphatic hydroxyl groups is 1. The molecule has 1 N–H and O–H groups in total. The van der Waals surface area contributed by atoms with Crippen LogP contribution in [-0.4, -0.2) is 59.5 Å². The first-order valence-corrected chi connectivity index (χ1v) is 8.30. The quantitative estimate of drug-likeness (QED) is 0.773. The molecule has 2 atom stereocenters. The first kappa shape index (κ1) is 16.3. The molecule has 18 heavy (non-hydrogen) atoms. The largest absolute Gasteiger partial charge is 0.389 e. The maximum absolute atomic E-state index is 9.98. The minimum atomic E-state index is -0.349. The van der Waals surface area contributed by atoms with Crippen LogP contribution in [0.25, 0.3) is 0 Å². The molecule has 2 unspecified atom stereocenters. The molecule has 0 spiro atoms. The standard InChI is InChI=1S/C14H29NO2S/c1-4-18-14-7-5-6-8-15(10-14)9-13(16)11-17-12(2)3/h12-14,16H,4-11H2,1-3H3. The zero-order chi connectivity index (χ0) is 13.4. The lowest BCUT2D eigenvalue weighted by Crippen LogP contribution is -2.38. The number of likely N-dealkylation sites (tertiary alicyclic amines) is 1. The molecule has 0 aliphatic carbocycles. The topological polar surface area (TPSA) is 32.7 Å². The molecule has 0 bridgehead atoms. The molecule has 1 aliphatic rings. The third-order valence-electron chi connectivity index (χ3n) is 3.21. The SMILES string of the molecule is CCSC1CCCCN(CC(O)COC(C)C)C1. The molecule has 1 fully saturated rings. The Morgan fingerprint density at radius 3 is 2.83 bits per heavy atom. The van der Waals surface area contributed by atoms with Crippen LogP contribution < -0.4 is 0 Å². The molecule has 0 radical (unpaired) electrons. The maximum Gasteiger partial charge on any atom is 0.0900 e. The third-order valence-corrected chi connectivity index (χ3v) is 4.40. The number of hydrogen-bond acceptors (Lipinski definition) is 4. The van der Waals surface area contributed by atoms with E-state index in [4.69, 9.17) is 4.74 Å². The van der Waals surface area contributed by atoms with Crippen LogP contribution in [0.4, 0.5) is 0 Å². The van der Waals surface area contributed by atoms with E-state index < -0.39 is 0 Å². The van der Waals surface area contributed by atoms with Crippen LogP contribution in [-0.2, 0) is 4.74 Å². The van der Waals surface area contributed by atoms with Crippen molar-refractivity contribution in [1.82, 2.24) is 4.90 Å². The summed E-state index contributed by atoms with van der Waals surface area (Å²) in [5.74, 6) is 1.19. The van der Waals surface area contributed by atoms with Crippen molar-refractivity contribution in [2.75, 3.05) is 32.0 Å². The Hall–Kier alpha value is 0.230. The molecular weight excluding hydrogens is 246 g/mol. The van der Waals surface area contributed by atoms with Gasteiger partial charge in [-0.05, 0) is 39.0 Å². The van der Waals surface area contributed by atoms with E-state index in [0.717, 1.165) is 24.9 Å². The van der Waals surface area contributed by atoms with E-state index in [1.165, 1.54) is 25.0 Å². The highest BCUT2D eigenvalue weighted by Gasteiger charge is 2.20. The van der Waals surface area contributed by atoms with Gasteiger partial charge in [0, 0.05) is 18.3 Å². The Kier molecular flexibility index (Phi) is 8.31.